The third kappa shape index (κ3) is 6.26. The van der Waals surface area contributed by atoms with Crippen LogP contribution in [-0.4, -0.2) is 42.1 Å². The zero-order chi connectivity index (χ0) is 23.1. The number of aromatic nitrogens is 1. The van der Waals surface area contributed by atoms with Crippen LogP contribution in [0.5, 0.6) is 5.75 Å². The fourth-order valence-electron chi connectivity index (χ4n) is 2.76. The van der Waals surface area contributed by atoms with Crippen molar-refractivity contribution in [1.29, 1.82) is 5.26 Å². The predicted molar refractivity (Wildman–Crippen MR) is 120 cm³/mol. The van der Waals surface area contributed by atoms with Crippen LogP contribution in [0, 0.1) is 17.1 Å². The number of likely N-dealkylation sites (N-methyl/N-ethyl adjacent to an activating group) is 1. The number of nitrogen functional groups attached to an aromatic ring is 1. The fraction of sp³-hybridized carbons (Fsp3) is 0.238. The number of rotatable bonds is 7. The molecule has 2 rings (SSSR count). The number of pyridine rings is 1. The van der Waals surface area contributed by atoms with Crippen molar-refractivity contribution < 1.29 is 13.9 Å². The number of carbonyl (C=O) groups excluding carboxylic acids is 1. The standard InChI is InChI=1S/C21H22BrFN6O2/c1-12(31-19-6-13(22)10-28-20(19)26)18-7-14(23)4-5-17(18)21(30)29(3)11-15(25)8-16(9-24)27-2/h4-8,10,12H,11,25H2,1-3H3,(H2,26,28)/t12-/m1/s1. The van der Waals surface area contributed by atoms with Gasteiger partial charge in [-0.25, -0.2) is 9.37 Å². The Balaban J connectivity index is 2.30. The lowest BCUT2D eigenvalue weighted by molar-refractivity contribution is 0.0801. The number of allylic oxidation sites excluding steroid dienone is 1. The summed E-state index contributed by atoms with van der Waals surface area (Å²) in [6, 6.07) is 7.36. The molecule has 0 radical (unpaired) electrons. The summed E-state index contributed by atoms with van der Waals surface area (Å²) in [7, 11) is 3.02. The maximum Gasteiger partial charge on any atom is 0.254 e. The highest BCUT2D eigenvalue weighted by molar-refractivity contribution is 9.10. The number of nitriles is 1. The number of nitrogens with two attached hydrogens (primary N) is 2. The number of hydrogen-bond donors (Lipinski definition) is 2. The molecule has 162 valence electrons. The van der Waals surface area contributed by atoms with E-state index >= 15 is 0 Å². The van der Waals surface area contributed by atoms with E-state index in [9.17, 15) is 9.18 Å². The van der Waals surface area contributed by atoms with Crippen molar-refractivity contribution in [2.45, 2.75) is 13.0 Å². The lowest BCUT2D eigenvalue weighted by Crippen LogP contribution is -2.32. The molecule has 10 heteroatoms. The summed E-state index contributed by atoms with van der Waals surface area (Å²) in [5.74, 6) is -0.440. The average molecular weight is 489 g/mol. The SMILES string of the molecule is CN=C(C#N)C=C(N)CN(C)C(=O)c1ccc(F)cc1[C@@H](C)Oc1cc(Br)cnc1N. The van der Waals surface area contributed by atoms with Crippen molar-refractivity contribution in [1.82, 2.24) is 9.88 Å². The zero-order valence-electron chi connectivity index (χ0n) is 17.3. The maximum absolute atomic E-state index is 14.0. The van der Waals surface area contributed by atoms with Crippen LogP contribution in [0.15, 0.2) is 51.7 Å². The maximum atomic E-state index is 14.0. The van der Waals surface area contributed by atoms with Crippen molar-refractivity contribution in [2.75, 3.05) is 26.4 Å². The Morgan fingerprint density at radius 1 is 1.48 bits per heavy atom. The first-order valence-corrected chi connectivity index (χ1v) is 9.91. The normalized spacial score (nSPS) is 12.8. The third-order valence-corrected chi connectivity index (χ3v) is 4.71. The lowest BCUT2D eigenvalue weighted by Gasteiger charge is -2.22. The molecule has 4 N–H and O–H groups in total. The number of amides is 1. The van der Waals surface area contributed by atoms with Crippen LogP contribution < -0.4 is 16.2 Å². The van der Waals surface area contributed by atoms with Gasteiger partial charge in [-0.1, -0.05) is 0 Å². The van der Waals surface area contributed by atoms with Crippen LogP contribution in [0.4, 0.5) is 10.2 Å². The topological polar surface area (TPSA) is 131 Å². The third-order valence-electron chi connectivity index (χ3n) is 4.28. The van der Waals surface area contributed by atoms with Crippen LogP contribution in [0.3, 0.4) is 0 Å². The van der Waals surface area contributed by atoms with E-state index < -0.39 is 17.8 Å². The van der Waals surface area contributed by atoms with Crippen molar-refractivity contribution in [2.24, 2.45) is 10.7 Å². The molecule has 0 spiro atoms. The number of nitrogens with zero attached hydrogens (tertiary/aromatic N) is 4. The summed E-state index contributed by atoms with van der Waals surface area (Å²) >= 11 is 3.30. The van der Waals surface area contributed by atoms with Gasteiger partial charge in [-0.3, -0.25) is 9.79 Å². The van der Waals surface area contributed by atoms with E-state index in [1.807, 2.05) is 6.07 Å². The van der Waals surface area contributed by atoms with Crippen LogP contribution in [0.2, 0.25) is 0 Å². The number of hydrogen-bond acceptors (Lipinski definition) is 7. The molecule has 0 aliphatic carbocycles. The molecule has 1 atom stereocenters. The fourth-order valence-corrected chi connectivity index (χ4v) is 3.07. The van der Waals surface area contributed by atoms with Gasteiger partial charge in [0.2, 0.25) is 0 Å². The quantitative estimate of drug-likeness (QED) is 0.575. The van der Waals surface area contributed by atoms with Gasteiger partial charge in [-0.05, 0) is 53.2 Å². The molecule has 2 aromatic rings. The second-order valence-electron chi connectivity index (χ2n) is 6.63. The van der Waals surface area contributed by atoms with Gasteiger partial charge in [0, 0.05) is 41.6 Å². The van der Waals surface area contributed by atoms with Gasteiger partial charge in [0.15, 0.2) is 11.6 Å². The van der Waals surface area contributed by atoms with E-state index in [2.05, 4.69) is 25.9 Å². The predicted octanol–water partition coefficient (Wildman–Crippen LogP) is 3.21. The summed E-state index contributed by atoms with van der Waals surface area (Å²) < 4.78 is 20.5. The first-order valence-electron chi connectivity index (χ1n) is 9.11. The van der Waals surface area contributed by atoms with Gasteiger partial charge < -0.3 is 21.1 Å². The van der Waals surface area contributed by atoms with Crippen molar-refractivity contribution in [3.05, 3.63) is 63.7 Å². The smallest absolute Gasteiger partial charge is 0.254 e. The van der Waals surface area contributed by atoms with Gasteiger partial charge in [-0.2, -0.15) is 5.26 Å². The minimum absolute atomic E-state index is 0.0497. The summed E-state index contributed by atoms with van der Waals surface area (Å²) in [6.07, 6.45) is 2.22. The Kier molecular flexibility index (Phi) is 8.10. The van der Waals surface area contributed by atoms with E-state index in [1.165, 1.54) is 42.4 Å². The first-order chi connectivity index (χ1) is 14.7. The number of ether oxygens (including phenoxy) is 1. The molecule has 0 saturated heterocycles. The van der Waals surface area contributed by atoms with Crippen molar-refractivity contribution >= 4 is 33.4 Å². The van der Waals surface area contributed by atoms with Crippen LogP contribution in [0.1, 0.15) is 28.9 Å². The van der Waals surface area contributed by atoms with E-state index in [-0.39, 0.29) is 29.3 Å². The van der Waals surface area contributed by atoms with Crippen molar-refractivity contribution in [3.8, 4) is 11.8 Å². The van der Waals surface area contributed by atoms with E-state index in [4.69, 9.17) is 21.5 Å². The average Bonchev–Trinajstić information content (AvgIpc) is 2.73. The Morgan fingerprint density at radius 2 is 2.19 bits per heavy atom. The van der Waals surface area contributed by atoms with Crippen molar-refractivity contribution in [3.63, 3.8) is 0 Å². The molecular formula is C21H22BrFN6O2. The Hall–Kier alpha value is -3.45. The summed E-state index contributed by atoms with van der Waals surface area (Å²) in [4.78, 5) is 22.2. The second-order valence-corrected chi connectivity index (χ2v) is 7.55. The molecule has 1 aromatic heterocycles. The molecule has 1 amide bonds. The summed E-state index contributed by atoms with van der Waals surface area (Å²) in [6.45, 7) is 1.73. The highest BCUT2D eigenvalue weighted by Crippen LogP contribution is 2.30. The zero-order valence-corrected chi connectivity index (χ0v) is 18.9. The molecule has 1 heterocycles. The van der Waals surface area contributed by atoms with Gasteiger partial charge in [-0.15, -0.1) is 0 Å². The number of halogens is 2. The van der Waals surface area contributed by atoms with Gasteiger partial charge in [0.1, 0.15) is 23.7 Å². The molecule has 0 unspecified atom stereocenters. The first kappa shape index (κ1) is 23.8. The summed E-state index contributed by atoms with van der Waals surface area (Å²) in [5, 5.41) is 8.95. The molecular weight excluding hydrogens is 467 g/mol. The Bertz CT molecular complexity index is 1080. The highest BCUT2D eigenvalue weighted by atomic mass is 79.9. The molecule has 0 bridgehead atoms. The number of aliphatic imine (C=N–C) groups is 1. The molecule has 0 saturated carbocycles. The summed E-state index contributed by atoms with van der Waals surface area (Å²) in [5.41, 5.74) is 12.8. The molecule has 0 aliphatic rings. The molecule has 8 nitrogen and oxygen atoms in total. The molecule has 0 aliphatic heterocycles. The second kappa shape index (κ2) is 10.5. The minimum atomic E-state index is -0.702. The van der Waals surface area contributed by atoms with Gasteiger partial charge in [0.25, 0.3) is 5.91 Å². The van der Waals surface area contributed by atoms with Gasteiger partial charge in [0.05, 0.1) is 6.54 Å². The van der Waals surface area contributed by atoms with E-state index in [1.54, 1.807) is 20.0 Å². The van der Waals surface area contributed by atoms with Gasteiger partial charge >= 0.3 is 0 Å². The lowest BCUT2D eigenvalue weighted by atomic mass is 10.0. The minimum Gasteiger partial charge on any atom is -0.482 e. The van der Waals surface area contributed by atoms with Crippen LogP contribution in [0.25, 0.3) is 0 Å². The molecule has 1 aromatic carbocycles. The Labute approximate surface area is 188 Å². The van der Waals surface area contributed by atoms with Crippen LogP contribution >= 0.6 is 15.9 Å². The molecule has 31 heavy (non-hydrogen) atoms. The number of benzene rings is 1. The van der Waals surface area contributed by atoms with Crippen LogP contribution in [-0.2, 0) is 0 Å². The highest BCUT2D eigenvalue weighted by Gasteiger charge is 2.22. The number of anilines is 1. The monoisotopic (exact) mass is 488 g/mol. The Morgan fingerprint density at radius 3 is 2.84 bits per heavy atom. The largest absolute Gasteiger partial charge is 0.482 e. The number of carbonyl (C=O) groups is 1. The molecule has 0 fully saturated rings. The van der Waals surface area contributed by atoms with E-state index in [0.29, 0.717) is 15.8 Å². The van der Waals surface area contributed by atoms with E-state index in [0.717, 1.165) is 0 Å².